The van der Waals surface area contributed by atoms with Crippen molar-refractivity contribution in [3.05, 3.63) is 161 Å². The normalized spacial score (nSPS) is 12.0. The van der Waals surface area contributed by atoms with Gasteiger partial charge in [0.2, 0.25) is 0 Å². The summed E-state index contributed by atoms with van der Waals surface area (Å²) in [6.07, 6.45) is 8.62. The number of rotatable bonds is 4. The van der Waals surface area contributed by atoms with Gasteiger partial charge < -0.3 is 9.97 Å². The fraction of sp³-hybridized carbons (Fsp3) is 0.170. The third-order valence-electron chi connectivity index (χ3n) is 11.6. The Bertz CT molecular complexity index is 2880. The predicted molar refractivity (Wildman–Crippen MR) is 254 cm³/mol. The Kier molecular flexibility index (Phi) is 10.9. The summed E-state index contributed by atoms with van der Waals surface area (Å²) >= 11 is 2.42. The Balaban J connectivity index is 0.00000484. The maximum atomic E-state index is 5.56. The van der Waals surface area contributed by atoms with Gasteiger partial charge in [-0.1, -0.05) is 89.5 Å². The number of nitrogens with zero attached hydrogens (tertiary/aromatic N) is 4. The molecule has 4 nitrogen and oxygen atoms in total. The fourth-order valence-corrected chi connectivity index (χ4v) is 10.3. The molecule has 0 saturated carbocycles. The van der Waals surface area contributed by atoms with E-state index in [1.165, 1.54) is 53.6 Å². The van der Waals surface area contributed by atoms with Crippen molar-refractivity contribution in [2.24, 2.45) is 0 Å². The molecule has 0 fully saturated rings. The average Bonchev–Trinajstić information content (AvgIpc) is 3.99. The summed E-state index contributed by atoms with van der Waals surface area (Å²) in [4.78, 5) is 22.1. The largest absolute Gasteiger partial charge is 2.00 e. The zero-order valence-electron chi connectivity index (χ0n) is 35.3. The molecule has 59 heavy (non-hydrogen) atoms. The van der Waals surface area contributed by atoms with Gasteiger partial charge in [-0.25, -0.2) is 9.97 Å². The van der Waals surface area contributed by atoms with E-state index in [-0.39, 0.29) is 19.5 Å². The standard InChI is InChI=1S/C53H45IN4.Zn/c1-28-10-12-37(13-11-28)50-39-14-16-41(55-39)51(47-31(4)22-29(2)23-32(47)5)43-18-20-45(57-43)53(49-35(8)26-38(54)27-36(49)9)46-21-19-44(58-46)52(42-17-15-40(50)56-42)48-33(6)24-30(3)25-34(48)7;/h10-27H,1-9H3;/q-2;+2/i50+1;. The van der Waals surface area contributed by atoms with Crippen molar-refractivity contribution in [1.82, 2.24) is 19.9 Å². The van der Waals surface area contributed by atoms with E-state index in [2.05, 4.69) is 194 Å². The second-order valence-electron chi connectivity index (χ2n) is 16.2. The van der Waals surface area contributed by atoms with Gasteiger partial charge in [0.1, 0.15) is 0 Å². The first kappa shape index (κ1) is 40.6. The number of aromatic nitrogens is 4. The smallest absolute Gasteiger partial charge is 0.657 e. The van der Waals surface area contributed by atoms with Crippen LogP contribution in [0.5, 0.6) is 0 Å². The van der Waals surface area contributed by atoms with Crippen LogP contribution in [-0.4, -0.2) is 9.97 Å². The van der Waals surface area contributed by atoms with Gasteiger partial charge in [-0.3, -0.25) is 0 Å². The topological polar surface area (TPSA) is 54.0 Å². The molecular formula is C53H45IN4Zn. The summed E-state index contributed by atoms with van der Waals surface area (Å²) in [5, 5.41) is 0. The van der Waals surface area contributed by atoms with Gasteiger partial charge in [0, 0.05) is 9.13 Å². The van der Waals surface area contributed by atoms with E-state index < -0.39 is 0 Å². The van der Waals surface area contributed by atoms with Crippen LogP contribution in [0.4, 0.5) is 0 Å². The third-order valence-corrected chi connectivity index (χ3v) is 12.2. The fourth-order valence-electron chi connectivity index (χ4n) is 9.33. The van der Waals surface area contributed by atoms with Crippen LogP contribution in [0.3, 0.4) is 0 Å². The molecule has 3 aromatic heterocycles. The number of hydrogen-bond donors (Lipinski definition) is 0. The van der Waals surface area contributed by atoms with Crippen LogP contribution in [0.15, 0.2) is 84.9 Å². The molecule has 2 aliphatic rings. The zero-order valence-corrected chi connectivity index (χ0v) is 40.4. The maximum Gasteiger partial charge on any atom is 2.00 e. The first-order valence-electron chi connectivity index (χ1n) is 19.9. The summed E-state index contributed by atoms with van der Waals surface area (Å²) in [5.74, 6) is 0. The van der Waals surface area contributed by atoms with E-state index in [1.54, 1.807) is 0 Å². The van der Waals surface area contributed by atoms with Crippen molar-refractivity contribution in [3.63, 3.8) is 0 Å². The van der Waals surface area contributed by atoms with Crippen molar-refractivity contribution in [3.8, 4) is 44.5 Å². The van der Waals surface area contributed by atoms with E-state index in [1.807, 2.05) is 0 Å². The van der Waals surface area contributed by atoms with Crippen LogP contribution in [0.2, 0.25) is 0 Å². The van der Waals surface area contributed by atoms with Crippen molar-refractivity contribution < 1.29 is 19.5 Å². The maximum absolute atomic E-state index is 5.56. The summed E-state index contributed by atoms with van der Waals surface area (Å²) in [7, 11) is 0. The quantitative estimate of drug-likeness (QED) is 0.130. The molecule has 0 N–H and O–H groups in total. The molecule has 0 atom stereocenters. The molecule has 0 aliphatic carbocycles. The average molecular weight is 931 g/mol. The van der Waals surface area contributed by atoms with Gasteiger partial charge in [0.25, 0.3) is 0 Å². The first-order chi connectivity index (χ1) is 27.8. The Morgan fingerprint density at radius 2 is 0.678 bits per heavy atom. The van der Waals surface area contributed by atoms with Gasteiger partial charge in [-0.2, -0.15) is 0 Å². The van der Waals surface area contributed by atoms with E-state index in [9.17, 15) is 0 Å². The summed E-state index contributed by atoms with van der Waals surface area (Å²) in [6, 6.07) is 30.9. The molecule has 2 aliphatic heterocycles. The zero-order chi connectivity index (χ0) is 40.6. The molecule has 9 rings (SSSR count). The van der Waals surface area contributed by atoms with Crippen LogP contribution in [0.1, 0.15) is 72.8 Å². The Morgan fingerprint density at radius 1 is 0.356 bits per heavy atom. The van der Waals surface area contributed by atoms with Gasteiger partial charge in [-0.05, 0) is 194 Å². The van der Waals surface area contributed by atoms with Crippen LogP contribution < -0.4 is 9.97 Å². The van der Waals surface area contributed by atoms with Crippen molar-refractivity contribution >= 4 is 69.0 Å². The monoisotopic (exact) mass is 929 g/mol. The summed E-state index contributed by atoms with van der Waals surface area (Å²) in [6.45, 7) is 19.6. The minimum absolute atomic E-state index is 0. The van der Waals surface area contributed by atoms with Crippen molar-refractivity contribution in [1.29, 1.82) is 0 Å². The van der Waals surface area contributed by atoms with Gasteiger partial charge in [0.05, 0.1) is 22.8 Å². The van der Waals surface area contributed by atoms with Crippen molar-refractivity contribution in [2.75, 3.05) is 0 Å². The van der Waals surface area contributed by atoms with E-state index in [4.69, 9.17) is 19.9 Å². The minimum Gasteiger partial charge on any atom is -0.657 e. The molecule has 286 valence electrons. The SMILES string of the molecule is Cc1ccc(-[13c]2c3nc(c(-c4c(C)cc(C)cc4C)c4ccc([n-]4)c(-c4c(C)cc(I)cc4C)c4ccc([n-]4)c(-c4c(C)cc(C)cc4C)c4nc2C=C4)C=C3)cc1.[Zn+2]. The van der Waals surface area contributed by atoms with Crippen molar-refractivity contribution in [2.45, 2.75) is 62.3 Å². The van der Waals surface area contributed by atoms with Crippen LogP contribution in [0, 0.1) is 65.9 Å². The number of halogens is 1. The second-order valence-corrected chi connectivity index (χ2v) is 17.4. The van der Waals surface area contributed by atoms with E-state index >= 15 is 0 Å². The van der Waals surface area contributed by atoms with Crippen LogP contribution in [-0.2, 0) is 19.5 Å². The first-order valence-corrected chi connectivity index (χ1v) is 21.0. The van der Waals surface area contributed by atoms with E-state index in [0.717, 1.165) is 89.4 Å². The van der Waals surface area contributed by atoms with Gasteiger partial charge >= 0.3 is 19.5 Å². The van der Waals surface area contributed by atoms with E-state index in [0.29, 0.717) is 0 Å². The molecule has 0 radical (unpaired) electrons. The molecule has 0 saturated heterocycles. The Labute approximate surface area is 373 Å². The molecule has 8 bridgehead atoms. The number of aryl methyl sites for hydroxylation is 9. The molecule has 0 unspecified atom stereocenters. The predicted octanol–water partition coefficient (Wildman–Crippen LogP) is 14.0. The molecule has 4 aromatic carbocycles. The number of fused-ring (bicyclic) bond motifs is 8. The molecule has 0 amide bonds. The number of hydrogen-bond acceptors (Lipinski definition) is 2. The molecule has 0 spiro atoms. The Hall–Kier alpha value is -5.17. The van der Waals surface area contributed by atoms with Crippen LogP contribution >= 0.6 is 22.6 Å². The second kappa shape index (κ2) is 15.8. The number of benzene rings is 4. The summed E-state index contributed by atoms with van der Waals surface area (Å²) in [5.41, 5.74) is 26.5. The molecule has 6 heteroatoms. The Morgan fingerprint density at radius 3 is 1.07 bits per heavy atom. The molecule has 5 heterocycles. The van der Waals surface area contributed by atoms with Gasteiger partial charge in [0.15, 0.2) is 0 Å². The molecular weight excluding hydrogens is 886 g/mol. The van der Waals surface area contributed by atoms with Crippen LogP contribution in [0.25, 0.3) is 90.9 Å². The minimum atomic E-state index is 0. The van der Waals surface area contributed by atoms with Gasteiger partial charge in [-0.15, -0.1) is 22.1 Å². The summed E-state index contributed by atoms with van der Waals surface area (Å²) < 4.78 is 1.21. The third kappa shape index (κ3) is 7.29. The molecule has 7 aromatic rings.